The summed E-state index contributed by atoms with van der Waals surface area (Å²) in [7, 11) is 0. The molecular weight excluding hydrogens is 296 g/mol. The molecule has 6 heteroatoms. The van der Waals surface area contributed by atoms with Crippen LogP contribution in [0.1, 0.15) is 34.1 Å². The molecule has 3 rings (SSSR count). The number of piperidine rings is 1. The Labute approximate surface area is 134 Å². The van der Waals surface area contributed by atoms with Crippen LogP contribution >= 0.6 is 11.3 Å². The van der Waals surface area contributed by atoms with Gasteiger partial charge in [-0.1, -0.05) is 0 Å². The maximum absolute atomic E-state index is 12.6. The summed E-state index contributed by atoms with van der Waals surface area (Å²) in [6, 6.07) is 2.02. The van der Waals surface area contributed by atoms with E-state index in [1.165, 1.54) is 6.42 Å². The number of nitrogens with one attached hydrogen (secondary N) is 1. The minimum absolute atomic E-state index is 0.237. The second kappa shape index (κ2) is 6.60. The lowest BCUT2D eigenvalue weighted by Crippen LogP contribution is -2.41. The molecule has 118 valence electrons. The highest BCUT2D eigenvalue weighted by Gasteiger charge is 2.25. The van der Waals surface area contributed by atoms with Crippen molar-refractivity contribution >= 4 is 17.2 Å². The zero-order valence-corrected chi connectivity index (χ0v) is 13.9. The quantitative estimate of drug-likeness (QED) is 0.942. The SMILES string of the molecule is Cc1nc(C)c(CC(=O)N2CCCC(Cc3ccn[nH]3)C2)s1. The predicted molar refractivity (Wildman–Crippen MR) is 86.9 cm³/mol. The monoisotopic (exact) mass is 318 g/mol. The summed E-state index contributed by atoms with van der Waals surface area (Å²) in [4.78, 5) is 20.1. The maximum atomic E-state index is 12.6. The van der Waals surface area contributed by atoms with Crippen LogP contribution in [0.4, 0.5) is 0 Å². The van der Waals surface area contributed by atoms with Gasteiger partial charge in [0.2, 0.25) is 5.91 Å². The molecule has 2 aromatic heterocycles. The van der Waals surface area contributed by atoms with E-state index in [9.17, 15) is 4.79 Å². The van der Waals surface area contributed by atoms with Crippen molar-refractivity contribution < 1.29 is 4.79 Å². The average molecular weight is 318 g/mol. The number of aryl methyl sites for hydroxylation is 2. The number of thiazole rings is 1. The number of nitrogens with zero attached hydrogens (tertiary/aromatic N) is 3. The van der Waals surface area contributed by atoms with E-state index in [2.05, 4.69) is 15.2 Å². The number of likely N-dealkylation sites (tertiary alicyclic amines) is 1. The lowest BCUT2D eigenvalue weighted by atomic mass is 9.93. The molecule has 1 fully saturated rings. The maximum Gasteiger partial charge on any atom is 0.227 e. The van der Waals surface area contributed by atoms with E-state index in [4.69, 9.17) is 0 Å². The summed E-state index contributed by atoms with van der Waals surface area (Å²) >= 11 is 1.64. The number of H-pyrrole nitrogens is 1. The Morgan fingerprint density at radius 1 is 1.50 bits per heavy atom. The fourth-order valence-electron chi connectivity index (χ4n) is 3.15. The smallest absolute Gasteiger partial charge is 0.227 e. The van der Waals surface area contributed by atoms with Gasteiger partial charge in [0, 0.05) is 29.9 Å². The summed E-state index contributed by atoms with van der Waals surface area (Å²) < 4.78 is 0. The zero-order chi connectivity index (χ0) is 15.5. The molecule has 2 aromatic rings. The number of aromatic amines is 1. The fourth-order valence-corrected chi connectivity index (χ4v) is 4.08. The highest BCUT2D eigenvalue weighted by atomic mass is 32.1. The molecule has 1 aliphatic heterocycles. The van der Waals surface area contributed by atoms with E-state index in [-0.39, 0.29) is 5.91 Å². The first-order valence-corrected chi connectivity index (χ1v) is 8.62. The van der Waals surface area contributed by atoms with Gasteiger partial charge in [0.05, 0.1) is 17.1 Å². The van der Waals surface area contributed by atoms with Crippen molar-refractivity contribution in [2.45, 2.75) is 39.5 Å². The Morgan fingerprint density at radius 3 is 3.05 bits per heavy atom. The third-order valence-corrected chi connectivity index (χ3v) is 5.32. The summed E-state index contributed by atoms with van der Waals surface area (Å²) in [6.07, 6.45) is 5.53. The Morgan fingerprint density at radius 2 is 2.36 bits per heavy atom. The van der Waals surface area contributed by atoms with E-state index in [0.29, 0.717) is 12.3 Å². The van der Waals surface area contributed by atoms with Crippen LogP contribution in [-0.4, -0.2) is 39.1 Å². The molecule has 0 radical (unpaired) electrons. The van der Waals surface area contributed by atoms with Crippen molar-refractivity contribution in [2.24, 2.45) is 5.92 Å². The number of aromatic nitrogens is 3. The number of carbonyl (C=O) groups excluding carboxylic acids is 1. The van der Waals surface area contributed by atoms with Crippen LogP contribution in [-0.2, 0) is 17.6 Å². The molecule has 1 N–H and O–H groups in total. The van der Waals surface area contributed by atoms with Gasteiger partial charge in [-0.2, -0.15) is 5.10 Å². The van der Waals surface area contributed by atoms with E-state index in [1.54, 1.807) is 17.5 Å². The lowest BCUT2D eigenvalue weighted by molar-refractivity contribution is -0.132. The average Bonchev–Trinajstić information content (AvgIpc) is 3.09. The highest BCUT2D eigenvalue weighted by molar-refractivity contribution is 7.11. The fraction of sp³-hybridized carbons (Fsp3) is 0.562. The van der Waals surface area contributed by atoms with Crippen molar-refractivity contribution in [2.75, 3.05) is 13.1 Å². The first kappa shape index (κ1) is 15.2. The summed E-state index contributed by atoms with van der Waals surface area (Å²) in [5.41, 5.74) is 2.16. The largest absolute Gasteiger partial charge is 0.342 e. The second-order valence-corrected chi connectivity index (χ2v) is 7.34. The van der Waals surface area contributed by atoms with Gasteiger partial charge in [-0.25, -0.2) is 4.98 Å². The number of hydrogen-bond acceptors (Lipinski definition) is 4. The van der Waals surface area contributed by atoms with Gasteiger partial charge in [0.15, 0.2) is 0 Å². The van der Waals surface area contributed by atoms with Crippen molar-refractivity contribution in [3.8, 4) is 0 Å². The molecule has 0 aromatic carbocycles. The summed E-state index contributed by atoms with van der Waals surface area (Å²) in [5, 5.41) is 8.06. The van der Waals surface area contributed by atoms with Crippen LogP contribution in [0, 0.1) is 19.8 Å². The molecule has 0 spiro atoms. The number of rotatable bonds is 4. The topological polar surface area (TPSA) is 61.9 Å². The van der Waals surface area contributed by atoms with Crippen molar-refractivity contribution in [3.05, 3.63) is 33.5 Å². The summed E-state index contributed by atoms with van der Waals surface area (Å²) in [6.45, 7) is 5.72. The Hall–Kier alpha value is -1.69. The number of carbonyl (C=O) groups is 1. The van der Waals surface area contributed by atoms with Gasteiger partial charge < -0.3 is 4.90 Å². The van der Waals surface area contributed by atoms with Gasteiger partial charge >= 0.3 is 0 Å². The van der Waals surface area contributed by atoms with Gasteiger partial charge in [0.25, 0.3) is 0 Å². The van der Waals surface area contributed by atoms with Gasteiger partial charge in [-0.3, -0.25) is 9.89 Å². The molecule has 22 heavy (non-hydrogen) atoms. The predicted octanol–water partition coefficient (Wildman–Crippen LogP) is 2.51. The lowest BCUT2D eigenvalue weighted by Gasteiger charge is -2.32. The Kier molecular flexibility index (Phi) is 4.57. The standard InChI is InChI=1S/C16H22N4OS/c1-11-15(22-12(2)18-11)9-16(21)20-7-3-4-13(10-20)8-14-5-6-17-19-14/h5-6,13H,3-4,7-10H2,1-2H3,(H,17,19). The minimum atomic E-state index is 0.237. The molecule has 0 saturated carbocycles. The number of amides is 1. The van der Waals surface area contributed by atoms with Gasteiger partial charge in [-0.05, 0) is 45.1 Å². The molecule has 1 amide bonds. The minimum Gasteiger partial charge on any atom is -0.342 e. The Bertz CT molecular complexity index is 635. The van der Waals surface area contributed by atoms with Gasteiger partial charge in [0.1, 0.15) is 0 Å². The highest BCUT2D eigenvalue weighted by Crippen LogP contribution is 2.23. The molecule has 1 aliphatic rings. The van der Waals surface area contributed by atoms with Gasteiger partial charge in [-0.15, -0.1) is 11.3 Å². The molecule has 1 unspecified atom stereocenters. The van der Waals surface area contributed by atoms with Crippen molar-refractivity contribution in [3.63, 3.8) is 0 Å². The normalized spacial score (nSPS) is 18.6. The molecule has 0 bridgehead atoms. The molecule has 0 aliphatic carbocycles. The van der Waals surface area contributed by atoms with Crippen LogP contribution < -0.4 is 0 Å². The first-order valence-electron chi connectivity index (χ1n) is 7.80. The van der Waals surface area contributed by atoms with Crippen LogP contribution in [0.2, 0.25) is 0 Å². The zero-order valence-electron chi connectivity index (χ0n) is 13.1. The molecular formula is C16H22N4OS. The first-order chi connectivity index (χ1) is 10.6. The molecule has 1 saturated heterocycles. The van der Waals surface area contributed by atoms with Crippen LogP contribution in [0.25, 0.3) is 0 Å². The number of hydrogen-bond donors (Lipinski definition) is 1. The third-order valence-electron chi connectivity index (χ3n) is 4.25. The second-order valence-electron chi connectivity index (χ2n) is 6.05. The van der Waals surface area contributed by atoms with Crippen molar-refractivity contribution in [1.29, 1.82) is 0 Å². The van der Waals surface area contributed by atoms with E-state index in [0.717, 1.165) is 47.2 Å². The van der Waals surface area contributed by atoms with E-state index in [1.807, 2.05) is 24.8 Å². The van der Waals surface area contributed by atoms with Crippen LogP contribution in [0.15, 0.2) is 12.3 Å². The molecule has 1 atom stereocenters. The van der Waals surface area contributed by atoms with Crippen LogP contribution in [0.5, 0.6) is 0 Å². The molecule has 5 nitrogen and oxygen atoms in total. The Balaban J connectivity index is 1.59. The van der Waals surface area contributed by atoms with E-state index < -0.39 is 0 Å². The molecule has 3 heterocycles. The van der Waals surface area contributed by atoms with Crippen molar-refractivity contribution in [1.82, 2.24) is 20.1 Å². The summed E-state index contributed by atoms with van der Waals surface area (Å²) in [5.74, 6) is 0.767. The third kappa shape index (κ3) is 3.55. The van der Waals surface area contributed by atoms with Crippen LogP contribution in [0.3, 0.4) is 0 Å². The van der Waals surface area contributed by atoms with E-state index >= 15 is 0 Å².